The first-order valence-corrected chi connectivity index (χ1v) is 5.99. The highest BCUT2D eigenvalue weighted by Crippen LogP contribution is 2.22. The van der Waals surface area contributed by atoms with Crippen LogP contribution in [0.4, 0.5) is 5.82 Å². The average Bonchev–Trinajstić information content (AvgIpc) is 2.36. The SMILES string of the molecule is CC(C)CCNC(=O)COc1cccnc1[N+](=O)[O-]. The summed E-state index contributed by atoms with van der Waals surface area (Å²) in [6.07, 6.45) is 2.17. The smallest absolute Gasteiger partial charge is 0.406 e. The second-order valence-electron chi connectivity index (χ2n) is 4.40. The summed E-state index contributed by atoms with van der Waals surface area (Å²) in [6, 6.07) is 2.92. The van der Waals surface area contributed by atoms with E-state index < -0.39 is 10.7 Å². The second-order valence-corrected chi connectivity index (χ2v) is 4.40. The Labute approximate surface area is 111 Å². The Bertz CT molecular complexity index is 448. The maximum Gasteiger partial charge on any atom is 0.406 e. The summed E-state index contributed by atoms with van der Waals surface area (Å²) >= 11 is 0. The zero-order chi connectivity index (χ0) is 14.3. The Morgan fingerprint density at radius 2 is 2.32 bits per heavy atom. The maximum absolute atomic E-state index is 11.5. The Kier molecular flexibility index (Phi) is 5.72. The van der Waals surface area contributed by atoms with Gasteiger partial charge in [0.05, 0.1) is 0 Å². The first-order chi connectivity index (χ1) is 9.00. The summed E-state index contributed by atoms with van der Waals surface area (Å²) in [7, 11) is 0. The highest BCUT2D eigenvalue weighted by molar-refractivity contribution is 5.77. The molecule has 0 aliphatic heterocycles. The Balaban J connectivity index is 2.44. The van der Waals surface area contributed by atoms with Gasteiger partial charge >= 0.3 is 5.82 Å². The third-order valence-electron chi connectivity index (χ3n) is 2.33. The van der Waals surface area contributed by atoms with E-state index in [1.165, 1.54) is 18.3 Å². The third-order valence-corrected chi connectivity index (χ3v) is 2.33. The molecule has 0 atom stereocenters. The summed E-state index contributed by atoms with van der Waals surface area (Å²) in [5, 5.41) is 13.4. The minimum Gasteiger partial charge on any atom is -0.476 e. The third kappa shape index (κ3) is 5.33. The highest BCUT2D eigenvalue weighted by Gasteiger charge is 2.16. The van der Waals surface area contributed by atoms with Crippen molar-refractivity contribution in [2.45, 2.75) is 20.3 Å². The molecule has 19 heavy (non-hydrogen) atoms. The number of aromatic nitrogens is 1. The molecule has 0 spiro atoms. The van der Waals surface area contributed by atoms with Crippen LogP contribution in [0.25, 0.3) is 0 Å². The van der Waals surface area contributed by atoms with Gasteiger partial charge in [-0.1, -0.05) is 13.8 Å². The van der Waals surface area contributed by atoms with Crippen LogP contribution in [0, 0.1) is 16.0 Å². The van der Waals surface area contributed by atoms with E-state index in [9.17, 15) is 14.9 Å². The molecular weight excluding hydrogens is 250 g/mol. The molecule has 7 nitrogen and oxygen atoms in total. The number of nitro groups is 1. The van der Waals surface area contributed by atoms with Crippen molar-refractivity contribution in [1.82, 2.24) is 10.3 Å². The predicted molar refractivity (Wildman–Crippen MR) is 68.9 cm³/mol. The molecule has 1 amide bonds. The van der Waals surface area contributed by atoms with E-state index in [0.717, 1.165) is 6.42 Å². The fourth-order valence-corrected chi connectivity index (χ4v) is 1.33. The van der Waals surface area contributed by atoms with Crippen molar-refractivity contribution in [2.75, 3.05) is 13.2 Å². The fraction of sp³-hybridized carbons (Fsp3) is 0.500. The number of nitrogens with zero attached hydrogens (tertiary/aromatic N) is 2. The summed E-state index contributed by atoms with van der Waals surface area (Å²) in [5.41, 5.74) is 0. The van der Waals surface area contributed by atoms with E-state index in [0.29, 0.717) is 12.5 Å². The van der Waals surface area contributed by atoms with Gasteiger partial charge in [-0.2, -0.15) is 0 Å². The summed E-state index contributed by atoms with van der Waals surface area (Å²) in [5.74, 6) is -0.205. The van der Waals surface area contributed by atoms with Crippen LogP contribution in [0.3, 0.4) is 0 Å². The molecule has 1 aromatic rings. The molecule has 0 radical (unpaired) electrons. The van der Waals surface area contributed by atoms with Gasteiger partial charge in [-0.15, -0.1) is 0 Å². The van der Waals surface area contributed by atoms with Gasteiger partial charge in [-0.3, -0.25) is 4.79 Å². The van der Waals surface area contributed by atoms with Crippen molar-refractivity contribution in [2.24, 2.45) is 5.92 Å². The van der Waals surface area contributed by atoms with Gasteiger partial charge in [-0.25, -0.2) is 0 Å². The van der Waals surface area contributed by atoms with E-state index in [2.05, 4.69) is 24.1 Å². The molecule has 1 heterocycles. The van der Waals surface area contributed by atoms with Crippen molar-refractivity contribution < 1.29 is 14.5 Å². The lowest BCUT2D eigenvalue weighted by Crippen LogP contribution is -2.30. The van der Waals surface area contributed by atoms with Crippen LogP contribution >= 0.6 is 0 Å². The van der Waals surface area contributed by atoms with Crippen LogP contribution in [-0.4, -0.2) is 29.0 Å². The molecule has 0 saturated carbocycles. The second kappa shape index (κ2) is 7.30. The van der Waals surface area contributed by atoms with E-state index in [1.807, 2.05) is 0 Å². The zero-order valence-electron chi connectivity index (χ0n) is 11.0. The van der Waals surface area contributed by atoms with E-state index in [4.69, 9.17) is 4.74 Å². The molecule has 0 aliphatic carbocycles. The van der Waals surface area contributed by atoms with E-state index in [-0.39, 0.29) is 18.3 Å². The number of carbonyl (C=O) groups is 1. The van der Waals surface area contributed by atoms with Gasteiger partial charge in [0.1, 0.15) is 6.20 Å². The molecule has 104 valence electrons. The number of carbonyl (C=O) groups excluding carboxylic acids is 1. The van der Waals surface area contributed by atoms with Crippen LogP contribution in [0.1, 0.15) is 20.3 Å². The number of amides is 1. The first-order valence-electron chi connectivity index (χ1n) is 5.99. The predicted octanol–water partition coefficient (Wildman–Crippen LogP) is 1.53. The minimum absolute atomic E-state index is 0.00786. The monoisotopic (exact) mass is 267 g/mol. The number of rotatable bonds is 7. The van der Waals surface area contributed by atoms with Gasteiger partial charge in [0.25, 0.3) is 5.91 Å². The molecule has 0 aromatic carbocycles. The lowest BCUT2D eigenvalue weighted by Gasteiger charge is -2.08. The van der Waals surface area contributed by atoms with Crippen molar-refractivity contribution in [3.8, 4) is 5.75 Å². The molecule has 1 aromatic heterocycles. The quantitative estimate of drug-likeness (QED) is 0.597. The van der Waals surface area contributed by atoms with Gasteiger partial charge in [0, 0.05) is 6.54 Å². The Morgan fingerprint density at radius 1 is 1.58 bits per heavy atom. The number of ether oxygens (including phenoxy) is 1. The number of pyridine rings is 1. The lowest BCUT2D eigenvalue weighted by molar-refractivity contribution is -0.390. The van der Waals surface area contributed by atoms with E-state index >= 15 is 0 Å². The molecule has 0 saturated heterocycles. The van der Waals surface area contributed by atoms with Gasteiger partial charge in [0.15, 0.2) is 6.61 Å². The maximum atomic E-state index is 11.5. The molecule has 0 aliphatic rings. The number of nitrogens with one attached hydrogen (secondary N) is 1. The molecular formula is C12H17N3O4. The zero-order valence-corrected chi connectivity index (χ0v) is 11.0. The van der Waals surface area contributed by atoms with Gasteiger partial charge < -0.3 is 20.2 Å². The van der Waals surface area contributed by atoms with Crippen molar-refractivity contribution in [1.29, 1.82) is 0 Å². The molecule has 0 unspecified atom stereocenters. The van der Waals surface area contributed by atoms with E-state index in [1.54, 1.807) is 0 Å². The van der Waals surface area contributed by atoms with Gasteiger partial charge in [-0.05, 0) is 34.4 Å². The summed E-state index contributed by atoms with van der Waals surface area (Å²) in [4.78, 5) is 25.1. The van der Waals surface area contributed by atoms with Crippen LogP contribution in [0.2, 0.25) is 0 Å². The highest BCUT2D eigenvalue weighted by atomic mass is 16.6. The number of hydrogen-bond donors (Lipinski definition) is 1. The van der Waals surface area contributed by atoms with Crippen LogP contribution in [-0.2, 0) is 4.79 Å². The summed E-state index contributed by atoms with van der Waals surface area (Å²) in [6.45, 7) is 4.42. The minimum atomic E-state index is -0.647. The summed E-state index contributed by atoms with van der Waals surface area (Å²) < 4.78 is 5.10. The largest absolute Gasteiger partial charge is 0.476 e. The normalized spacial score (nSPS) is 10.3. The van der Waals surface area contributed by atoms with Crippen LogP contribution in [0.5, 0.6) is 5.75 Å². The molecule has 1 rings (SSSR count). The number of hydrogen-bond acceptors (Lipinski definition) is 5. The van der Waals surface area contributed by atoms with Crippen LogP contribution in [0.15, 0.2) is 18.3 Å². The molecule has 7 heteroatoms. The Hall–Kier alpha value is -2.18. The van der Waals surface area contributed by atoms with Crippen molar-refractivity contribution in [3.05, 3.63) is 28.4 Å². The fourth-order valence-electron chi connectivity index (χ4n) is 1.33. The topological polar surface area (TPSA) is 94.4 Å². The lowest BCUT2D eigenvalue weighted by atomic mass is 10.1. The van der Waals surface area contributed by atoms with Gasteiger partial charge in [0.2, 0.25) is 5.75 Å². The molecule has 0 fully saturated rings. The molecule has 0 bridgehead atoms. The average molecular weight is 267 g/mol. The van der Waals surface area contributed by atoms with Crippen LogP contribution < -0.4 is 10.1 Å². The van der Waals surface area contributed by atoms with Crippen molar-refractivity contribution in [3.63, 3.8) is 0 Å². The first kappa shape index (κ1) is 14.9. The standard InChI is InChI=1S/C12H17N3O4/c1-9(2)5-7-13-11(16)8-19-10-4-3-6-14-12(10)15(17)18/h3-4,6,9H,5,7-8H2,1-2H3,(H,13,16). The van der Waals surface area contributed by atoms with Crippen molar-refractivity contribution >= 4 is 11.7 Å². The molecule has 1 N–H and O–H groups in total. The Morgan fingerprint density at radius 3 is 2.95 bits per heavy atom.